The van der Waals surface area contributed by atoms with E-state index in [-0.39, 0.29) is 6.09 Å². The lowest BCUT2D eigenvalue weighted by atomic mass is 10.0. The van der Waals surface area contributed by atoms with Crippen LogP contribution in [0.3, 0.4) is 0 Å². The van der Waals surface area contributed by atoms with E-state index in [4.69, 9.17) is 15.7 Å². The Hall–Kier alpha value is -2.33. The Morgan fingerprint density at radius 1 is 1.52 bits per heavy atom. The number of nitrogens with two attached hydrogens (primary N) is 1. The summed E-state index contributed by atoms with van der Waals surface area (Å²) in [5.74, 6) is 0. The van der Waals surface area contributed by atoms with Crippen LogP contribution in [0.5, 0.6) is 0 Å². The Labute approximate surface area is 138 Å². The van der Waals surface area contributed by atoms with Crippen LogP contribution in [0.4, 0.5) is 10.5 Å². The number of rotatable bonds is 0. The molecule has 1 amide bonds. The van der Waals surface area contributed by atoms with E-state index in [9.17, 15) is 4.79 Å². The molecule has 0 radical (unpaired) electrons. The Morgan fingerprint density at radius 2 is 2.26 bits per heavy atom. The fraction of sp³-hybridized carbons (Fsp3) is 0.438. The van der Waals surface area contributed by atoms with Crippen LogP contribution >= 0.6 is 11.3 Å². The molecule has 0 bridgehead atoms. The number of carbonyl (C=O) groups is 1. The number of amides is 1. The molecular formula is C16H18N4O2S. The number of nitriles is 1. The first-order chi connectivity index (χ1) is 10.8. The summed E-state index contributed by atoms with van der Waals surface area (Å²) in [6, 6.07) is 4.04. The number of nitrogens with zero attached hydrogens (tertiary/aromatic N) is 3. The highest BCUT2D eigenvalue weighted by molar-refractivity contribution is 7.19. The van der Waals surface area contributed by atoms with Gasteiger partial charge in [0.15, 0.2) is 0 Å². The van der Waals surface area contributed by atoms with Crippen molar-refractivity contribution in [1.29, 1.82) is 5.26 Å². The first-order valence-electron chi connectivity index (χ1n) is 7.37. The van der Waals surface area contributed by atoms with E-state index < -0.39 is 5.60 Å². The second-order valence-electron chi connectivity index (χ2n) is 6.56. The van der Waals surface area contributed by atoms with Gasteiger partial charge in [0.05, 0.1) is 12.2 Å². The molecule has 6 nitrogen and oxygen atoms in total. The molecule has 0 unspecified atom stereocenters. The zero-order valence-electron chi connectivity index (χ0n) is 13.3. The van der Waals surface area contributed by atoms with Gasteiger partial charge in [-0.1, -0.05) is 0 Å². The molecular weight excluding hydrogens is 312 g/mol. The highest BCUT2D eigenvalue weighted by Crippen LogP contribution is 2.34. The standard InChI is InChI=1S/C16H18N4O2S/c1-16(2,3)22-15(21)20-5-4-11-9(8-20)6-10-13(18)12(7-17)23-14(10)19-11/h6H,4-5,8,18H2,1-3H3. The normalized spacial score (nSPS) is 14.4. The van der Waals surface area contributed by atoms with Gasteiger partial charge in [0, 0.05) is 24.0 Å². The van der Waals surface area contributed by atoms with E-state index >= 15 is 0 Å². The van der Waals surface area contributed by atoms with E-state index in [0.717, 1.165) is 21.5 Å². The van der Waals surface area contributed by atoms with E-state index in [1.807, 2.05) is 26.8 Å². The number of ether oxygens (including phenoxy) is 1. The van der Waals surface area contributed by atoms with Crippen molar-refractivity contribution in [3.63, 3.8) is 0 Å². The largest absolute Gasteiger partial charge is 0.444 e. The first-order valence-corrected chi connectivity index (χ1v) is 8.19. The summed E-state index contributed by atoms with van der Waals surface area (Å²) >= 11 is 1.31. The molecule has 1 aliphatic heterocycles. The highest BCUT2D eigenvalue weighted by Gasteiger charge is 2.27. The molecule has 1 aliphatic rings. The lowest BCUT2D eigenvalue weighted by Crippen LogP contribution is -2.40. The van der Waals surface area contributed by atoms with Gasteiger partial charge >= 0.3 is 6.09 Å². The number of hydrogen-bond acceptors (Lipinski definition) is 6. The first kappa shape index (κ1) is 15.6. The van der Waals surface area contributed by atoms with Crippen LogP contribution in [0, 0.1) is 11.3 Å². The Morgan fingerprint density at radius 3 is 2.91 bits per heavy atom. The Kier molecular flexibility index (Phi) is 3.65. The van der Waals surface area contributed by atoms with Crippen LogP contribution < -0.4 is 5.73 Å². The number of nitrogen functional groups attached to an aromatic ring is 1. The van der Waals surface area contributed by atoms with Crippen molar-refractivity contribution in [3.05, 3.63) is 22.2 Å². The number of fused-ring (bicyclic) bond motifs is 2. The zero-order chi connectivity index (χ0) is 16.8. The topological polar surface area (TPSA) is 92.2 Å². The van der Waals surface area contributed by atoms with Gasteiger partial charge in [-0.25, -0.2) is 9.78 Å². The molecule has 3 rings (SSSR count). The van der Waals surface area contributed by atoms with Gasteiger partial charge in [0.25, 0.3) is 0 Å². The smallest absolute Gasteiger partial charge is 0.410 e. The van der Waals surface area contributed by atoms with Crippen molar-refractivity contribution in [3.8, 4) is 6.07 Å². The van der Waals surface area contributed by atoms with Gasteiger partial charge in [-0.05, 0) is 32.4 Å². The summed E-state index contributed by atoms with van der Waals surface area (Å²) < 4.78 is 5.43. The molecule has 7 heteroatoms. The van der Waals surface area contributed by atoms with Crippen molar-refractivity contribution in [2.75, 3.05) is 12.3 Å². The summed E-state index contributed by atoms with van der Waals surface area (Å²) in [5.41, 5.74) is 7.88. The lowest BCUT2D eigenvalue weighted by molar-refractivity contribution is 0.0223. The van der Waals surface area contributed by atoms with E-state index in [1.54, 1.807) is 4.90 Å². The minimum absolute atomic E-state index is 0.320. The molecule has 120 valence electrons. The van der Waals surface area contributed by atoms with Gasteiger partial charge in [0.1, 0.15) is 21.4 Å². The quantitative estimate of drug-likeness (QED) is 0.801. The van der Waals surface area contributed by atoms with E-state index in [2.05, 4.69) is 11.1 Å². The number of anilines is 1. The van der Waals surface area contributed by atoms with Gasteiger partial charge in [-0.2, -0.15) is 5.26 Å². The SMILES string of the molecule is CC(C)(C)OC(=O)N1CCc2nc3sc(C#N)c(N)c3cc2C1. The number of hydrogen-bond donors (Lipinski definition) is 1. The van der Waals surface area contributed by atoms with Crippen molar-refractivity contribution >= 4 is 33.3 Å². The van der Waals surface area contributed by atoms with Crippen molar-refractivity contribution in [2.24, 2.45) is 0 Å². The average Bonchev–Trinajstić information content (AvgIpc) is 2.78. The Bertz CT molecular complexity index is 829. The van der Waals surface area contributed by atoms with Gasteiger partial charge < -0.3 is 15.4 Å². The molecule has 2 N–H and O–H groups in total. The van der Waals surface area contributed by atoms with Crippen molar-refractivity contribution in [1.82, 2.24) is 9.88 Å². The van der Waals surface area contributed by atoms with Crippen LogP contribution in [-0.4, -0.2) is 28.1 Å². The van der Waals surface area contributed by atoms with Crippen LogP contribution in [0.25, 0.3) is 10.2 Å². The molecule has 0 fully saturated rings. The molecule has 0 aromatic carbocycles. The molecule has 2 aromatic rings. The van der Waals surface area contributed by atoms with Crippen LogP contribution in [0.15, 0.2) is 6.07 Å². The molecule has 3 heterocycles. The third-order valence-electron chi connectivity index (χ3n) is 3.62. The molecule has 0 atom stereocenters. The summed E-state index contributed by atoms with van der Waals surface area (Å²) in [4.78, 5) is 19.8. The zero-order valence-corrected chi connectivity index (χ0v) is 14.2. The summed E-state index contributed by atoms with van der Waals surface area (Å²) in [6.45, 7) is 6.58. The molecule has 0 spiro atoms. The van der Waals surface area contributed by atoms with Crippen LogP contribution in [-0.2, 0) is 17.7 Å². The second-order valence-corrected chi connectivity index (χ2v) is 7.55. The maximum atomic E-state index is 12.2. The van der Waals surface area contributed by atoms with Crippen LogP contribution in [0.2, 0.25) is 0 Å². The maximum Gasteiger partial charge on any atom is 0.410 e. The maximum absolute atomic E-state index is 12.2. The molecule has 0 aliphatic carbocycles. The fourth-order valence-corrected chi connectivity index (χ4v) is 3.46. The van der Waals surface area contributed by atoms with Crippen LogP contribution in [0.1, 0.15) is 36.9 Å². The predicted molar refractivity (Wildman–Crippen MR) is 89.1 cm³/mol. The Balaban J connectivity index is 1.91. The average molecular weight is 330 g/mol. The third kappa shape index (κ3) is 2.94. The monoisotopic (exact) mass is 330 g/mol. The van der Waals surface area contributed by atoms with Crippen molar-refractivity contribution < 1.29 is 9.53 Å². The number of carbonyl (C=O) groups excluding carboxylic acids is 1. The lowest BCUT2D eigenvalue weighted by Gasteiger charge is -2.30. The number of pyridine rings is 1. The number of aromatic nitrogens is 1. The van der Waals surface area contributed by atoms with E-state index in [1.165, 1.54) is 11.3 Å². The summed E-state index contributed by atoms with van der Waals surface area (Å²) in [6.07, 6.45) is 0.351. The second kappa shape index (κ2) is 5.39. The highest BCUT2D eigenvalue weighted by atomic mass is 32.1. The molecule has 0 saturated carbocycles. The molecule has 2 aromatic heterocycles. The van der Waals surface area contributed by atoms with Gasteiger partial charge in [-0.3, -0.25) is 0 Å². The predicted octanol–water partition coefficient (Wildman–Crippen LogP) is 3.04. The fourth-order valence-electron chi connectivity index (χ4n) is 2.56. The minimum Gasteiger partial charge on any atom is -0.444 e. The minimum atomic E-state index is -0.515. The molecule has 0 saturated heterocycles. The summed E-state index contributed by atoms with van der Waals surface area (Å²) in [7, 11) is 0. The van der Waals surface area contributed by atoms with Crippen molar-refractivity contribution in [2.45, 2.75) is 39.3 Å². The third-order valence-corrected chi connectivity index (χ3v) is 4.64. The van der Waals surface area contributed by atoms with Gasteiger partial charge in [0.2, 0.25) is 0 Å². The van der Waals surface area contributed by atoms with Gasteiger partial charge in [-0.15, -0.1) is 11.3 Å². The molecule has 23 heavy (non-hydrogen) atoms. The van der Waals surface area contributed by atoms with E-state index in [0.29, 0.717) is 30.1 Å². The summed E-state index contributed by atoms with van der Waals surface area (Å²) in [5, 5.41) is 9.88. The number of thiophene rings is 1.